The van der Waals surface area contributed by atoms with Crippen molar-refractivity contribution < 1.29 is 32.4 Å². The van der Waals surface area contributed by atoms with Crippen LogP contribution in [-0.2, 0) is 14.4 Å². The molecule has 0 bridgehead atoms. The highest BCUT2D eigenvalue weighted by atomic mass is 35.5. The Labute approximate surface area is 233 Å². The largest absolute Gasteiger partial charge is 0.408 e. The Morgan fingerprint density at radius 3 is 2.35 bits per heavy atom. The van der Waals surface area contributed by atoms with Gasteiger partial charge in [-0.2, -0.15) is 13.2 Å². The molecule has 2 fully saturated rings. The predicted molar refractivity (Wildman–Crippen MR) is 132 cm³/mol. The van der Waals surface area contributed by atoms with E-state index in [1.54, 1.807) is 12.1 Å². The second-order valence-electron chi connectivity index (χ2n) is 8.33. The van der Waals surface area contributed by atoms with Gasteiger partial charge in [0.25, 0.3) is 11.8 Å². The number of carbonyl (C=O) groups is 3. The smallest absolute Gasteiger partial charge is 0.338 e. The quantitative estimate of drug-likeness (QED) is 0.412. The van der Waals surface area contributed by atoms with Crippen molar-refractivity contribution in [2.24, 2.45) is 5.92 Å². The van der Waals surface area contributed by atoms with Gasteiger partial charge in [-0.1, -0.05) is 34.8 Å². The van der Waals surface area contributed by atoms with Crippen molar-refractivity contribution in [1.82, 2.24) is 10.4 Å². The summed E-state index contributed by atoms with van der Waals surface area (Å²) >= 11 is 30.9. The number of hydroxylamine groups is 2. The van der Waals surface area contributed by atoms with E-state index in [4.69, 9.17) is 62.8 Å². The van der Waals surface area contributed by atoms with E-state index in [1.165, 1.54) is 24.3 Å². The number of hydrogen-bond donors (Lipinski definition) is 2. The van der Waals surface area contributed by atoms with Gasteiger partial charge in [-0.3, -0.25) is 19.2 Å². The maximum atomic E-state index is 12.9. The fourth-order valence-corrected chi connectivity index (χ4v) is 5.49. The molecule has 2 aromatic rings. The molecule has 2 N–H and O–H groups in total. The van der Waals surface area contributed by atoms with Gasteiger partial charge < -0.3 is 10.6 Å². The van der Waals surface area contributed by atoms with E-state index in [1.807, 2.05) is 0 Å². The minimum atomic E-state index is -4.67. The number of amides is 3. The molecule has 37 heavy (non-hydrogen) atoms. The Morgan fingerprint density at radius 1 is 1.08 bits per heavy atom. The highest BCUT2D eigenvalue weighted by Gasteiger charge is 2.67. The number of rotatable bonds is 6. The van der Waals surface area contributed by atoms with Crippen LogP contribution in [0.1, 0.15) is 21.8 Å². The summed E-state index contributed by atoms with van der Waals surface area (Å²) in [5, 5.41) is 5.68. The molecule has 2 aliphatic rings. The number of hydrogen-bond acceptors (Lipinski definition) is 4. The Morgan fingerprint density at radius 2 is 1.73 bits per heavy atom. The van der Waals surface area contributed by atoms with Crippen molar-refractivity contribution in [3.05, 3.63) is 62.6 Å². The van der Waals surface area contributed by atoms with Gasteiger partial charge in [-0.15, -0.1) is 23.2 Å². The minimum Gasteiger partial charge on any atom is -0.338 e. The van der Waals surface area contributed by atoms with E-state index in [0.29, 0.717) is 15.6 Å². The lowest BCUT2D eigenvalue weighted by Crippen LogP contribution is -2.44. The first-order valence-corrected chi connectivity index (χ1v) is 12.3. The molecular weight excluding hydrogens is 605 g/mol. The van der Waals surface area contributed by atoms with E-state index >= 15 is 0 Å². The Kier molecular flexibility index (Phi) is 7.82. The summed E-state index contributed by atoms with van der Waals surface area (Å²) in [5.41, 5.74) is 0.589. The summed E-state index contributed by atoms with van der Waals surface area (Å²) in [7, 11) is 0. The van der Waals surface area contributed by atoms with Gasteiger partial charge in [0.15, 0.2) is 0 Å². The Balaban J connectivity index is 1.44. The lowest BCUT2D eigenvalue weighted by atomic mass is 10.1. The average Bonchev–Trinajstić information content (AvgIpc) is 3.22. The van der Waals surface area contributed by atoms with Crippen LogP contribution in [0.2, 0.25) is 15.1 Å². The van der Waals surface area contributed by atoms with Crippen LogP contribution >= 0.6 is 58.0 Å². The number of benzene rings is 2. The standard InChI is InChI=1S/C22H15Cl5F3N3O4/c23-10-3-9(4-11(24)5-10)16-17(22(16,26)27)19(35)31-12-1-2-14(25)13(6-12)18(34)32-15-7-37-33(20(15)36)8-21(28,29)30/h1-6,15-17H,7-8H2,(H,31,35)(H,32,34). The molecule has 1 aliphatic heterocycles. The van der Waals surface area contributed by atoms with Gasteiger partial charge in [0, 0.05) is 21.7 Å². The van der Waals surface area contributed by atoms with E-state index in [0.717, 1.165) is 0 Å². The summed E-state index contributed by atoms with van der Waals surface area (Å²) in [6.07, 6.45) is -4.67. The third-order valence-corrected chi connectivity index (χ3v) is 7.33. The second-order valence-corrected chi connectivity index (χ2v) is 11.1. The zero-order chi connectivity index (χ0) is 27.3. The van der Waals surface area contributed by atoms with E-state index in [9.17, 15) is 27.6 Å². The van der Waals surface area contributed by atoms with Crippen molar-refractivity contribution in [3.63, 3.8) is 0 Å². The van der Waals surface area contributed by atoms with Gasteiger partial charge in [-0.05, 0) is 42.0 Å². The molecule has 1 heterocycles. The predicted octanol–water partition coefficient (Wildman–Crippen LogP) is 5.61. The number of anilines is 1. The molecule has 7 nitrogen and oxygen atoms in total. The molecule has 1 saturated carbocycles. The van der Waals surface area contributed by atoms with Crippen molar-refractivity contribution in [3.8, 4) is 0 Å². The van der Waals surface area contributed by atoms with Crippen molar-refractivity contribution in [2.75, 3.05) is 18.5 Å². The van der Waals surface area contributed by atoms with Crippen LogP contribution in [-0.4, -0.2) is 52.5 Å². The lowest BCUT2D eigenvalue weighted by molar-refractivity contribution is -0.214. The molecule has 0 aromatic heterocycles. The van der Waals surface area contributed by atoms with Crippen LogP contribution in [0.3, 0.4) is 0 Å². The van der Waals surface area contributed by atoms with Crippen LogP contribution in [0.5, 0.6) is 0 Å². The first-order chi connectivity index (χ1) is 17.2. The first kappa shape index (κ1) is 28.1. The first-order valence-electron chi connectivity index (χ1n) is 10.4. The highest BCUT2D eigenvalue weighted by Crippen LogP contribution is 2.65. The topological polar surface area (TPSA) is 87.7 Å². The third kappa shape index (κ3) is 6.21. The van der Waals surface area contributed by atoms with Crippen LogP contribution in [0.15, 0.2) is 36.4 Å². The zero-order valence-electron chi connectivity index (χ0n) is 18.2. The number of halogens is 8. The molecule has 1 aliphatic carbocycles. The fourth-order valence-electron chi connectivity index (χ4n) is 3.92. The Hall–Kier alpha value is -1.95. The van der Waals surface area contributed by atoms with Crippen LogP contribution in [0.4, 0.5) is 18.9 Å². The summed E-state index contributed by atoms with van der Waals surface area (Å²) in [6.45, 7) is -2.11. The molecule has 198 valence electrons. The summed E-state index contributed by atoms with van der Waals surface area (Å²) in [4.78, 5) is 42.5. The number of carbonyl (C=O) groups excluding carboxylic acids is 3. The minimum absolute atomic E-state index is 0.0316. The summed E-state index contributed by atoms with van der Waals surface area (Å²) in [5.74, 6) is -3.95. The van der Waals surface area contributed by atoms with Crippen LogP contribution in [0.25, 0.3) is 0 Å². The molecular formula is C22H15Cl5F3N3O4. The van der Waals surface area contributed by atoms with Gasteiger partial charge in [0.05, 0.1) is 16.5 Å². The maximum Gasteiger partial charge on any atom is 0.408 e. The molecule has 1 saturated heterocycles. The molecule has 3 atom stereocenters. The fraction of sp³-hybridized carbons (Fsp3) is 0.318. The average molecular weight is 620 g/mol. The SMILES string of the molecule is O=C(NC1CON(CC(F)(F)F)C1=O)c1cc(NC(=O)C2C(c3cc(Cl)cc(Cl)c3)C2(Cl)Cl)ccc1Cl. The van der Waals surface area contributed by atoms with Gasteiger partial charge in [0.1, 0.15) is 23.5 Å². The number of nitrogens with one attached hydrogen (secondary N) is 2. The molecule has 4 rings (SSSR count). The zero-order valence-corrected chi connectivity index (χ0v) is 22.0. The monoisotopic (exact) mass is 617 g/mol. The van der Waals surface area contributed by atoms with E-state index in [-0.39, 0.29) is 21.3 Å². The molecule has 2 aromatic carbocycles. The number of alkyl halides is 5. The molecule has 3 unspecified atom stereocenters. The summed E-state index contributed by atoms with van der Waals surface area (Å²) < 4.78 is 36.2. The van der Waals surface area contributed by atoms with Gasteiger partial charge in [0.2, 0.25) is 5.91 Å². The molecule has 0 radical (unpaired) electrons. The lowest BCUT2D eigenvalue weighted by Gasteiger charge is -2.16. The van der Waals surface area contributed by atoms with Crippen LogP contribution in [0, 0.1) is 5.92 Å². The normalized spacial score (nSPS) is 22.6. The molecule has 15 heteroatoms. The second kappa shape index (κ2) is 10.3. The van der Waals surface area contributed by atoms with Crippen molar-refractivity contribution in [2.45, 2.75) is 22.5 Å². The molecule has 0 spiro atoms. The maximum absolute atomic E-state index is 12.9. The van der Waals surface area contributed by atoms with Gasteiger partial charge >= 0.3 is 6.18 Å². The van der Waals surface area contributed by atoms with Crippen LogP contribution < -0.4 is 10.6 Å². The number of nitrogens with zero attached hydrogens (tertiary/aromatic N) is 1. The van der Waals surface area contributed by atoms with Crippen molar-refractivity contribution in [1.29, 1.82) is 0 Å². The van der Waals surface area contributed by atoms with Gasteiger partial charge in [-0.25, -0.2) is 5.06 Å². The summed E-state index contributed by atoms with van der Waals surface area (Å²) in [6, 6.07) is 7.34. The third-order valence-electron chi connectivity index (χ3n) is 5.63. The Bertz CT molecular complexity index is 1260. The highest BCUT2D eigenvalue weighted by molar-refractivity contribution is 6.53. The molecule has 3 amide bonds. The van der Waals surface area contributed by atoms with E-state index in [2.05, 4.69) is 10.6 Å². The van der Waals surface area contributed by atoms with E-state index < -0.39 is 59.3 Å². The van der Waals surface area contributed by atoms with Crippen molar-refractivity contribution >= 4 is 81.4 Å².